The van der Waals surface area contributed by atoms with Gasteiger partial charge in [0.2, 0.25) is 17.7 Å². The maximum Gasteiger partial charge on any atom is 0.326 e. The molecule has 2 aliphatic heterocycles. The molecular formula is C22H28N4O9S2. The van der Waals surface area contributed by atoms with E-state index in [0.29, 0.717) is 4.88 Å². The molecule has 37 heavy (non-hydrogen) atoms. The highest BCUT2D eigenvalue weighted by molar-refractivity contribution is 7.99. The zero-order valence-corrected chi connectivity index (χ0v) is 21.6. The van der Waals surface area contributed by atoms with Crippen LogP contribution in [-0.4, -0.2) is 118 Å². The number of thiophene rings is 1. The van der Waals surface area contributed by atoms with Crippen LogP contribution in [0.15, 0.2) is 17.5 Å². The quantitative estimate of drug-likeness (QED) is 0.266. The number of carbonyl (C=O) groups is 6. The second-order valence-corrected chi connectivity index (χ2v) is 10.4. The second-order valence-electron chi connectivity index (χ2n) is 8.61. The van der Waals surface area contributed by atoms with E-state index in [4.69, 9.17) is 4.74 Å². The Morgan fingerprint density at radius 1 is 0.973 bits per heavy atom. The minimum Gasteiger partial charge on any atom is -0.480 e. The fourth-order valence-electron chi connectivity index (χ4n) is 4.36. The van der Waals surface area contributed by atoms with Crippen molar-refractivity contribution in [1.82, 2.24) is 20.4 Å². The molecule has 0 aromatic carbocycles. The van der Waals surface area contributed by atoms with Crippen LogP contribution >= 0.6 is 23.1 Å². The van der Waals surface area contributed by atoms with Crippen LogP contribution in [0.25, 0.3) is 0 Å². The van der Waals surface area contributed by atoms with Crippen LogP contribution in [0.2, 0.25) is 0 Å². The molecule has 3 heterocycles. The molecule has 4 atom stereocenters. The Kier molecular flexibility index (Phi) is 9.88. The maximum absolute atomic E-state index is 12.7. The van der Waals surface area contributed by atoms with Crippen molar-refractivity contribution >= 4 is 58.7 Å². The smallest absolute Gasteiger partial charge is 0.326 e. The first-order valence-corrected chi connectivity index (χ1v) is 13.6. The number of rotatable bonds is 11. The topological polar surface area (TPSA) is 183 Å². The molecule has 4 N–H and O–H groups in total. The monoisotopic (exact) mass is 556 g/mol. The number of nitrogens with zero attached hydrogens (tertiary/aromatic N) is 2. The number of aliphatic carboxylic acids is 2. The van der Waals surface area contributed by atoms with E-state index >= 15 is 0 Å². The normalized spacial score (nSPS) is 23.1. The number of thioether (sulfide) groups is 1. The molecule has 0 aliphatic carbocycles. The molecule has 4 unspecified atom stereocenters. The summed E-state index contributed by atoms with van der Waals surface area (Å²) >= 11 is 2.55. The molecule has 4 amide bonds. The van der Waals surface area contributed by atoms with Crippen LogP contribution in [0.3, 0.4) is 0 Å². The molecule has 202 valence electrons. The summed E-state index contributed by atoms with van der Waals surface area (Å²) in [6.07, 6.45) is 1.83. The maximum atomic E-state index is 12.7. The number of nitrogens with one attached hydrogen (secondary N) is 2. The molecule has 13 nitrogen and oxygen atoms in total. The van der Waals surface area contributed by atoms with Crippen molar-refractivity contribution in [2.24, 2.45) is 0 Å². The third-order valence-corrected chi connectivity index (χ3v) is 7.40. The van der Waals surface area contributed by atoms with E-state index < -0.39 is 61.1 Å². The van der Waals surface area contributed by atoms with Gasteiger partial charge in [0, 0.05) is 38.0 Å². The van der Waals surface area contributed by atoms with Crippen molar-refractivity contribution in [2.75, 3.05) is 38.3 Å². The first-order valence-electron chi connectivity index (χ1n) is 11.4. The van der Waals surface area contributed by atoms with Gasteiger partial charge in [0.1, 0.15) is 25.3 Å². The predicted molar refractivity (Wildman–Crippen MR) is 132 cm³/mol. The summed E-state index contributed by atoms with van der Waals surface area (Å²) in [5, 5.41) is 26.2. The molecule has 2 saturated heterocycles. The number of carboxylic acids is 2. The SMILES string of the molecule is CSCC(=O)NC1CC(C(=O)O)N(C(=O)COCC(=O)N2CC(NC(=O)c3cccs3)CC2C(=O)O)C1. The Morgan fingerprint density at radius 2 is 1.51 bits per heavy atom. The van der Waals surface area contributed by atoms with Crippen molar-refractivity contribution in [2.45, 2.75) is 37.0 Å². The molecular weight excluding hydrogens is 528 g/mol. The standard InChI is InChI=1S/C22H28N4O9S2/c1-36-11-17(27)23-12-5-14(21(31)32)25(7-12)18(28)9-35-10-19(29)26-8-13(6-15(26)22(33)34)24-20(30)16-3-2-4-37-16/h2-4,12-15H,5-11H2,1H3,(H,23,27)(H,24,30)(H,31,32)(H,33,34). The molecule has 0 spiro atoms. The lowest BCUT2D eigenvalue weighted by atomic mass is 10.1. The van der Waals surface area contributed by atoms with Crippen LogP contribution in [0.4, 0.5) is 0 Å². The Labute approximate surface area is 220 Å². The van der Waals surface area contributed by atoms with Crippen molar-refractivity contribution < 1.29 is 43.7 Å². The van der Waals surface area contributed by atoms with E-state index in [1.165, 1.54) is 23.1 Å². The number of amides is 4. The van der Waals surface area contributed by atoms with Gasteiger partial charge in [-0.05, 0) is 17.7 Å². The third kappa shape index (κ3) is 7.42. The lowest BCUT2D eigenvalue weighted by molar-refractivity contribution is -0.153. The Hall–Kier alpha value is -3.17. The van der Waals surface area contributed by atoms with Crippen LogP contribution in [-0.2, 0) is 28.7 Å². The van der Waals surface area contributed by atoms with Gasteiger partial charge in [-0.1, -0.05) is 6.07 Å². The van der Waals surface area contributed by atoms with Gasteiger partial charge in [-0.3, -0.25) is 19.2 Å². The lowest BCUT2D eigenvalue weighted by Gasteiger charge is -2.23. The average Bonchev–Trinajstić information content (AvgIpc) is 3.58. The molecule has 2 fully saturated rings. The van der Waals surface area contributed by atoms with Gasteiger partial charge in [0.05, 0.1) is 10.6 Å². The van der Waals surface area contributed by atoms with Gasteiger partial charge in [-0.25, -0.2) is 9.59 Å². The van der Waals surface area contributed by atoms with Gasteiger partial charge >= 0.3 is 11.9 Å². The van der Waals surface area contributed by atoms with E-state index in [2.05, 4.69) is 10.6 Å². The van der Waals surface area contributed by atoms with Crippen molar-refractivity contribution in [3.8, 4) is 0 Å². The average molecular weight is 557 g/mol. The summed E-state index contributed by atoms with van der Waals surface area (Å²) in [7, 11) is 0. The van der Waals surface area contributed by atoms with Gasteiger partial charge in [-0.15, -0.1) is 11.3 Å². The number of carbonyl (C=O) groups excluding carboxylic acids is 4. The van der Waals surface area contributed by atoms with Crippen molar-refractivity contribution in [3.63, 3.8) is 0 Å². The highest BCUT2D eigenvalue weighted by Gasteiger charge is 2.42. The molecule has 1 aromatic heterocycles. The second kappa shape index (κ2) is 12.9. The zero-order valence-electron chi connectivity index (χ0n) is 20.0. The highest BCUT2D eigenvalue weighted by Crippen LogP contribution is 2.21. The Morgan fingerprint density at radius 3 is 1.97 bits per heavy atom. The summed E-state index contributed by atoms with van der Waals surface area (Å²) in [5.74, 6) is -4.20. The van der Waals surface area contributed by atoms with Crippen LogP contribution < -0.4 is 10.6 Å². The van der Waals surface area contributed by atoms with E-state index in [1.807, 2.05) is 0 Å². The Balaban J connectivity index is 1.51. The summed E-state index contributed by atoms with van der Waals surface area (Å²) in [6.45, 7) is -1.23. The number of ether oxygens (including phenoxy) is 1. The van der Waals surface area contributed by atoms with Crippen molar-refractivity contribution in [1.29, 1.82) is 0 Å². The van der Waals surface area contributed by atoms with Gasteiger partial charge in [0.15, 0.2) is 0 Å². The molecule has 3 rings (SSSR count). The Bertz CT molecular complexity index is 1040. The summed E-state index contributed by atoms with van der Waals surface area (Å²) < 4.78 is 5.22. The zero-order chi connectivity index (χ0) is 27.1. The largest absolute Gasteiger partial charge is 0.480 e. The first-order chi connectivity index (χ1) is 17.6. The predicted octanol–water partition coefficient (Wildman–Crippen LogP) is -0.918. The number of carboxylic acid groups (broad SMARTS) is 2. The van der Waals surface area contributed by atoms with E-state index in [1.54, 1.807) is 23.8 Å². The number of hydrogen-bond acceptors (Lipinski definition) is 9. The van der Waals surface area contributed by atoms with Crippen LogP contribution in [0.1, 0.15) is 22.5 Å². The van der Waals surface area contributed by atoms with Crippen LogP contribution in [0.5, 0.6) is 0 Å². The summed E-state index contributed by atoms with van der Waals surface area (Å²) in [6, 6.07) is -0.0532. The number of hydrogen-bond donors (Lipinski definition) is 4. The van der Waals surface area contributed by atoms with E-state index in [-0.39, 0.29) is 43.5 Å². The lowest BCUT2D eigenvalue weighted by Crippen LogP contribution is -2.45. The fourth-order valence-corrected chi connectivity index (χ4v) is 5.33. The molecule has 2 aliphatic rings. The third-order valence-electron chi connectivity index (χ3n) is 5.98. The molecule has 0 bridgehead atoms. The van der Waals surface area contributed by atoms with Gasteiger partial charge in [0.25, 0.3) is 5.91 Å². The van der Waals surface area contributed by atoms with E-state index in [9.17, 15) is 39.0 Å². The fraction of sp³-hybridized carbons (Fsp3) is 0.545. The molecule has 0 saturated carbocycles. The summed E-state index contributed by atoms with van der Waals surface area (Å²) in [4.78, 5) is 75.4. The molecule has 15 heteroatoms. The van der Waals surface area contributed by atoms with Crippen LogP contribution in [0, 0.1) is 0 Å². The van der Waals surface area contributed by atoms with Gasteiger partial charge < -0.3 is 35.4 Å². The molecule has 0 radical (unpaired) electrons. The minimum atomic E-state index is -1.23. The first kappa shape index (κ1) is 28.4. The minimum absolute atomic E-state index is 0.00788. The summed E-state index contributed by atoms with van der Waals surface area (Å²) in [5.41, 5.74) is 0. The van der Waals surface area contributed by atoms with Crippen molar-refractivity contribution in [3.05, 3.63) is 22.4 Å². The number of likely N-dealkylation sites (tertiary alicyclic amines) is 2. The van der Waals surface area contributed by atoms with Gasteiger partial charge in [-0.2, -0.15) is 11.8 Å². The molecule has 1 aromatic rings. The highest BCUT2D eigenvalue weighted by atomic mass is 32.2. The van der Waals surface area contributed by atoms with E-state index in [0.717, 1.165) is 9.80 Å².